The minimum Gasteiger partial charge on any atom is -0.332 e. The molecule has 0 spiro atoms. The molecule has 108 valence electrons. The van der Waals surface area contributed by atoms with Crippen molar-refractivity contribution in [3.63, 3.8) is 0 Å². The Balaban J connectivity index is 1.59. The highest BCUT2D eigenvalue weighted by molar-refractivity contribution is 8.00. The van der Waals surface area contributed by atoms with Crippen molar-refractivity contribution < 1.29 is 9.59 Å². The zero-order valence-corrected chi connectivity index (χ0v) is 12.4. The first-order chi connectivity index (χ1) is 9.20. The molecule has 0 aromatic rings. The summed E-state index contributed by atoms with van der Waals surface area (Å²) in [6, 6.07) is 0.594. The van der Waals surface area contributed by atoms with E-state index < -0.39 is 0 Å². The third-order valence-corrected chi connectivity index (χ3v) is 5.45. The zero-order chi connectivity index (χ0) is 13.7. The van der Waals surface area contributed by atoms with E-state index in [9.17, 15) is 9.59 Å². The summed E-state index contributed by atoms with van der Waals surface area (Å²) in [5, 5.41) is 6.48. The van der Waals surface area contributed by atoms with Gasteiger partial charge in [0.1, 0.15) is 5.78 Å². The molecule has 4 nitrogen and oxygen atoms in total. The van der Waals surface area contributed by atoms with Gasteiger partial charge in [0.05, 0.1) is 12.1 Å². The zero-order valence-electron chi connectivity index (χ0n) is 11.6. The number of amides is 2. The number of hydrogen-bond donors (Lipinski definition) is 2. The van der Waals surface area contributed by atoms with Gasteiger partial charge in [0.2, 0.25) is 0 Å². The van der Waals surface area contributed by atoms with E-state index in [1.54, 1.807) is 0 Å². The third-order valence-electron chi connectivity index (χ3n) is 3.94. The van der Waals surface area contributed by atoms with Crippen LogP contribution in [0.4, 0.5) is 4.79 Å². The van der Waals surface area contributed by atoms with E-state index in [-0.39, 0.29) is 6.03 Å². The van der Waals surface area contributed by atoms with Crippen molar-refractivity contribution in [2.45, 2.75) is 69.2 Å². The van der Waals surface area contributed by atoms with Crippen molar-refractivity contribution in [2.24, 2.45) is 0 Å². The van der Waals surface area contributed by atoms with Gasteiger partial charge in [0.15, 0.2) is 0 Å². The quantitative estimate of drug-likeness (QED) is 0.532. The van der Waals surface area contributed by atoms with Gasteiger partial charge in [0.25, 0.3) is 0 Å². The summed E-state index contributed by atoms with van der Waals surface area (Å²) in [6.45, 7) is 2.12. The number of Topliss-reactive ketones (excluding diaryl/α,β-unsaturated/α-hetero) is 1. The molecule has 2 aliphatic heterocycles. The third kappa shape index (κ3) is 4.13. The van der Waals surface area contributed by atoms with Gasteiger partial charge in [-0.3, -0.25) is 4.79 Å². The summed E-state index contributed by atoms with van der Waals surface area (Å²) < 4.78 is 0. The largest absolute Gasteiger partial charge is 0.332 e. The molecule has 2 saturated heterocycles. The smallest absolute Gasteiger partial charge is 0.315 e. The van der Waals surface area contributed by atoms with Crippen LogP contribution in [0.25, 0.3) is 0 Å². The van der Waals surface area contributed by atoms with E-state index in [1.807, 2.05) is 11.8 Å². The Bertz CT molecular complexity index is 335. The molecule has 5 heteroatoms. The number of rotatable bonds is 8. The van der Waals surface area contributed by atoms with Crippen LogP contribution < -0.4 is 10.6 Å². The fraction of sp³-hybridized carbons (Fsp3) is 0.857. The fourth-order valence-corrected chi connectivity index (χ4v) is 4.35. The molecule has 2 rings (SSSR count). The van der Waals surface area contributed by atoms with Gasteiger partial charge in [0, 0.05) is 23.8 Å². The SMILES string of the molecule is CCCCC(=O)CCCCC1SC[C@@H]2NC(=O)N[C@H]12. The van der Waals surface area contributed by atoms with E-state index in [2.05, 4.69) is 17.6 Å². The van der Waals surface area contributed by atoms with E-state index in [1.165, 1.54) is 0 Å². The Kier molecular flexibility index (Phi) is 5.55. The molecular weight excluding hydrogens is 260 g/mol. The number of carbonyl (C=O) groups is 2. The van der Waals surface area contributed by atoms with Gasteiger partial charge in [-0.15, -0.1) is 0 Å². The lowest BCUT2D eigenvalue weighted by Gasteiger charge is -2.16. The van der Waals surface area contributed by atoms with Gasteiger partial charge >= 0.3 is 6.03 Å². The van der Waals surface area contributed by atoms with Crippen molar-refractivity contribution >= 4 is 23.6 Å². The number of ketones is 1. The van der Waals surface area contributed by atoms with Gasteiger partial charge in [-0.25, -0.2) is 4.79 Å². The van der Waals surface area contributed by atoms with Crippen LogP contribution >= 0.6 is 11.8 Å². The maximum absolute atomic E-state index is 11.6. The topological polar surface area (TPSA) is 58.2 Å². The Morgan fingerprint density at radius 3 is 2.84 bits per heavy atom. The van der Waals surface area contributed by atoms with Crippen LogP contribution in [-0.2, 0) is 4.79 Å². The molecule has 0 aliphatic carbocycles. The van der Waals surface area contributed by atoms with E-state index >= 15 is 0 Å². The second-order valence-electron chi connectivity index (χ2n) is 5.51. The maximum atomic E-state index is 11.6. The monoisotopic (exact) mass is 284 g/mol. The molecular formula is C14H24N2O2S. The molecule has 19 heavy (non-hydrogen) atoms. The minimum absolute atomic E-state index is 0.0185. The van der Waals surface area contributed by atoms with E-state index in [0.717, 1.165) is 50.7 Å². The minimum atomic E-state index is -0.0185. The molecule has 1 unspecified atom stereocenters. The lowest BCUT2D eigenvalue weighted by Crippen LogP contribution is -2.36. The Morgan fingerprint density at radius 2 is 2.05 bits per heavy atom. The van der Waals surface area contributed by atoms with Crippen molar-refractivity contribution in [1.82, 2.24) is 10.6 Å². The molecule has 3 atom stereocenters. The highest BCUT2D eigenvalue weighted by Gasteiger charge is 2.42. The van der Waals surface area contributed by atoms with Crippen LogP contribution in [-0.4, -0.2) is 34.9 Å². The average Bonchev–Trinajstić information content (AvgIpc) is 2.92. The van der Waals surface area contributed by atoms with Crippen LogP contribution in [0.2, 0.25) is 0 Å². The Labute approximate surface area is 119 Å². The Morgan fingerprint density at radius 1 is 1.26 bits per heavy atom. The number of thioether (sulfide) groups is 1. The molecule has 0 bridgehead atoms. The number of nitrogens with one attached hydrogen (secondary N) is 2. The molecule has 2 heterocycles. The maximum Gasteiger partial charge on any atom is 0.315 e. The van der Waals surface area contributed by atoms with Crippen molar-refractivity contribution in [3.8, 4) is 0 Å². The summed E-state index contributed by atoms with van der Waals surface area (Å²) in [5.41, 5.74) is 0. The number of hydrogen-bond acceptors (Lipinski definition) is 3. The second-order valence-corrected chi connectivity index (χ2v) is 6.78. The molecule has 0 aromatic heterocycles. The summed E-state index contributed by atoms with van der Waals surface area (Å²) in [4.78, 5) is 22.8. The fourth-order valence-electron chi connectivity index (χ4n) is 2.81. The molecule has 2 N–H and O–H groups in total. The number of carbonyl (C=O) groups excluding carboxylic acids is 2. The van der Waals surface area contributed by atoms with E-state index in [0.29, 0.717) is 23.1 Å². The van der Waals surface area contributed by atoms with E-state index in [4.69, 9.17) is 0 Å². The first-order valence-electron chi connectivity index (χ1n) is 7.41. The summed E-state index contributed by atoms with van der Waals surface area (Å²) in [7, 11) is 0. The van der Waals surface area contributed by atoms with Crippen molar-refractivity contribution in [2.75, 3.05) is 5.75 Å². The van der Waals surface area contributed by atoms with Gasteiger partial charge in [-0.2, -0.15) is 11.8 Å². The van der Waals surface area contributed by atoms with Crippen LogP contribution in [0.5, 0.6) is 0 Å². The number of urea groups is 1. The summed E-state index contributed by atoms with van der Waals surface area (Å²) in [6.07, 6.45) is 6.80. The van der Waals surface area contributed by atoms with Crippen LogP contribution in [0, 0.1) is 0 Å². The highest BCUT2D eigenvalue weighted by atomic mass is 32.2. The second kappa shape index (κ2) is 7.17. The highest BCUT2D eigenvalue weighted by Crippen LogP contribution is 2.33. The molecule has 0 saturated carbocycles. The number of unbranched alkanes of at least 4 members (excludes halogenated alkanes) is 2. The lowest BCUT2D eigenvalue weighted by molar-refractivity contribution is -0.119. The van der Waals surface area contributed by atoms with Crippen LogP contribution in [0.3, 0.4) is 0 Å². The average molecular weight is 284 g/mol. The summed E-state index contributed by atoms with van der Waals surface area (Å²) in [5.74, 6) is 1.43. The van der Waals surface area contributed by atoms with Gasteiger partial charge in [-0.05, 0) is 19.3 Å². The lowest BCUT2D eigenvalue weighted by atomic mass is 10.0. The predicted octanol–water partition coefficient (Wildman–Crippen LogP) is 2.47. The summed E-state index contributed by atoms with van der Waals surface area (Å²) >= 11 is 1.95. The predicted molar refractivity (Wildman–Crippen MR) is 78.5 cm³/mol. The normalized spacial score (nSPS) is 28.9. The van der Waals surface area contributed by atoms with Crippen molar-refractivity contribution in [1.29, 1.82) is 0 Å². The van der Waals surface area contributed by atoms with Gasteiger partial charge in [-0.1, -0.05) is 19.8 Å². The number of fused-ring (bicyclic) bond motifs is 1. The Hall–Kier alpha value is -0.710. The van der Waals surface area contributed by atoms with Gasteiger partial charge < -0.3 is 10.6 Å². The first kappa shape index (κ1) is 14.7. The first-order valence-corrected chi connectivity index (χ1v) is 8.46. The van der Waals surface area contributed by atoms with Crippen LogP contribution in [0.15, 0.2) is 0 Å². The molecule has 2 amide bonds. The van der Waals surface area contributed by atoms with Crippen molar-refractivity contribution in [3.05, 3.63) is 0 Å². The standard InChI is InChI=1S/C14H24N2O2S/c1-2-3-6-10(17)7-4-5-8-12-13-11(9-19-12)15-14(18)16-13/h11-13H,2-9H2,1H3,(H2,15,16,18)/t11-,12?,13-/m0/s1. The molecule has 0 aromatic carbocycles. The molecule has 0 radical (unpaired) electrons. The van der Waals surface area contributed by atoms with Crippen LogP contribution in [0.1, 0.15) is 51.9 Å². The molecule has 2 aliphatic rings. The molecule has 2 fully saturated rings.